The molecule has 0 fully saturated rings. The molecular formula is C11H14F3N. The third-order valence-corrected chi connectivity index (χ3v) is 2.06. The van der Waals surface area contributed by atoms with Crippen LogP contribution in [0.1, 0.15) is 18.9 Å². The van der Waals surface area contributed by atoms with Gasteiger partial charge in [0.1, 0.15) is 0 Å². The van der Waals surface area contributed by atoms with Crippen LogP contribution in [0.25, 0.3) is 0 Å². The van der Waals surface area contributed by atoms with Crippen LogP contribution < -0.4 is 5.73 Å². The molecule has 4 heteroatoms. The molecule has 0 heterocycles. The van der Waals surface area contributed by atoms with E-state index in [-0.39, 0.29) is 6.42 Å². The number of benzene rings is 1. The molecule has 0 radical (unpaired) electrons. The zero-order valence-corrected chi connectivity index (χ0v) is 8.51. The lowest BCUT2D eigenvalue weighted by Crippen LogP contribution is -2.42. The van der Waals surface area contributed by atoms with Crippen molar-refractivity contribution in [1.29, 1.82) is 0 Å². The summed E-state index contributed by atoms with van der Waals surface area (Å²) in [5.74, 6) is 0. The van der Waals surface area contributed by atoms with Gasteiger partial charge in [-0.3, -0.25) is 0 Å². The lowest BCUT2D eigenvalue weighted by molar-refractivity contribution is -0.145. The van der Waals surface area contributed by atoms with Gasteiger partial charge in [-0.2, -0.15) is 13.2 Å². The molecule has 1 aromatic rings. The highest BCUT2D eigenvalue weighted by Crippen LogP contribution is 2.27. The summed E-state index contributed by atoms with van der Waals surface area (Å²) in [6, 6.07) is 8.96. The van der Waals surface area contributed by atoms with E-state index in [9.17, 15) is 13.2 Å². The molecule has 0 aliphatic heterocycles. The Morgan fingerprint density at radius 1 is 1.13 bits per heavy atom. The molecule has 0 aliphatic carbocycles. The van der Waals surface area contributed by atoms with Crippen LogP contribution in [0.5, 0.6) is 0 Å². The monoisotopic (exact) mass is 217 g/mol. The minimum Gasteiger partial charge on any atom is -0.325 e. The van der Waals surface area contributed by atoms with Gasteiger partial charge in [0.05, 0.1) is 6.42 Å². The lowest BCUT2D eigenvalue weighted by Gasteiger charge is -2.25. The Hall–Kier alpha value is -1.03. The minimum absolute atomic E-state index is 0.230. The molecule has 1 nitrogen and oxygen atoms in total. The van der Waals surface area contributed by atoms with Gasteiger partial charge < -0.3 is 5.73 Å². The Labute approximate surface area is 87.1 Å². The van der Waals surface area contributed by atoms with Crippen LogP contribution in [-0.4, -0.2) is 11.7 Å². The summed E-state index contributed by atoms with van der Waals surface area (Å²) in [5, 5.41) is 0. The summed E-state index contributed by atoms with van der Waals surface area (Å²) in [5.41, 5.74) is 5.20. The lowest BCUT2D eigenvalue weighted by atomic mass is 9.90. The van der Waals surface area contributed by atoms with Crippen LogP contribution in [0, 0.1) is 0 Å². The standard InChI is InChI=1S/C11H14F3N/c1-10(15,8-11(12,13)14)7-9-5-3-2-4-6-9/h2-6H,7-8,15H2,1H3. The fraction of sp³-hybridized carbons (Fsp3) is 0.455. The van der Waals surface area contributed by atoms with E-state index in [1.807, 2.05) is 6.07 Å². The van der Waals surface area contributed by atoms with Crippen molar-refractivity contribution < 1.29 is 13.2 Å². The zero-order valence-electron chi connectivity index (χ0n) is 8.51. The summed E-state index contributed by atoms with van der Waals surface area (Å²) in [7, 11) is 0. The van der Waals surface area contributed by atoms with Gasteiger partial charge in [0, 0.05) is 5.54 Å². The van der Waals surface area contributed by atoms with E-state index in [2.05, 4.69) is 0 Å². The molecule has 0 saturated carbocycles. The van der Waals surface area contributed by atoms with E-state index in [1.165, 1.54) is 6.92 Å². The molecular weight excluding hydrogens is 203 g/mol. The topological polar surface area (TPSA) is 26.0 Å². The Kier molecular flexibility index (Phi) is 3.39. The van der Waals surface area contributed by atoms with E-state index in [4.69, 9.17) is 5.73 Å². The molecule has 2 N–H and O–H groups in total. The van der Waals surface area contributed by atoms with Crippen molar-refractivity contribution in [2.24, 2.45) is 5.73 Å². The van der Waals surface area contributed by atoms with E-state index in [0.29, 0.717) is 0 Å². The van der Waals surface area contributed by atoms with Crippen molar-refractivity contribution in [1.82, 2.24) is 0 Å². The molecule has 1 rings (SSSR count). The van der Waals surface area contributed by atoms with E-state index in [1.54, 1.807) is 24.3 Å². The maximum atomic E-state index is 12.2. The Morgan fingerprint density at radius 3 is 2.13 bits per heavy atom. The molecule has 0 spiro atoms. The second-order valence-electron chi connectivity index (χ2n) is 4.11. The largest absolute Gasteiger partial charge is 0.390 e. The predicted octanol–water partition coefficient (Wildman–Crippen LogP) is 2.90. The highest BCUT2D eigenvalue weighted by Gasteiger charge is 2.36. The first-order valence-electron chi connectivity index (χ1n) is 4.68. The third-order valence-electron chi connectivity index (χ3n) is 2.06. The van der Waals surface area contributed by atoms with E-state index in [0.717, 1.165) is 5.56 Å². The number of rotatable bonds is 3. The van der Waals surface area contributed by atoms with Crippen molar-refractivity contribution in [3.8, 4) is 0 Å². The maximum Gasteiger partial charge on any atom is 0.390 e. The molecule has 0 aliphatic rings. The van der Waals surface area contributed by atoms with Gasteiger partial charge >= 0.3 is 6.18 Å². The Bertz CT molecular complexity index is 303. The summed E-state index contributed by atoms with van der Waals surface area (Å²) >= 11 is 0. The van der Waals surface area contributed by atoms with Crippen molar-refractivity contribution in [2.75, 3.05) is 0 Å². The van der Waals surface area contributed by atoms with Gasteiger partial charge in [-0.1, -0.05) is 30.3 Å². The van der Waals surface area contributed by atoms with Crippen LogP contribution in [-0.2, 0) is 6.42 Å². The van der Waals surface area contributed by atoms with Gasteiger partial charge in [0.2, 0.25) is 0 Å². The molecule has 0 saturated heterocycles. The number of alkyl halides is 3. The number of halogens is 3. The predicted molar refractivity (Wildman–Crippen MR) is 53.4 cm³/mol. The fourth-order valence-corrected chi connectivity index (χ4v) is 1.58. The van der Waals surface area contributed by atoms with Crippen LogP contribution in [0.2, 0.25) is 0 Å². The average Bonchev–Trinajstić information content (AvgIpc) is 1.99. The first kappa shape index (κ1) is 12.0. The van der Waals surface area contributed by atoms with Crippen LogP contribution in [0.15, 0.2) is 30.3 Å². The summed E-state index contributed by atoms with van der Waals surface area (Å²) in [6.45, 7) is 1.42. The highest BCUT2D eigenvalue weighted by atomic mass is 19.4. The second-order valence-corrected chi connectivity index (χ2v) is 4.11. The first-order valence-corrected chi connectivity index (χ1v) is 4.68. The van der Waals surface area contributed by atoms with Crippen LogP contribution >= 0.6 is 0 Å². The third kappa shape index (κ3) is 4.83. The second kappa shape index (κ2) is 4.23. The fourth-order valence-electron chi connectivity index (χ4n) is 1.58. The molecule has 0 aromatic heterocycles. The summed E-state index contributed by atoms with van der Waals surface area (Å²) in [6.07, 6.45) is -4.94. The molecule has 15 heavy (non-hydrogen) atoms. The van der Waals surface area contributed by atoms with E-state index >= 15 is 0 Å². The van der Waals surface area contributed by atoms with Gasteiger partial charge in [-0.05, 0) is 18.9 Å². The SMILES string of the molecule is CC(N)(Cc1ccccc1)CC(F)(F)F. The van der Waals surface area contributed by atoms with Gasteiger partial charge in [-0.15, -0.1) is 0 Å². The van der Waals surface area contributed by atoms with Crippen molar-refractivity contribution in [2.45, 2.75) is 31.5 Å². The van der Waals surface area contributed by atoms with Gasteiger partial charge in [0.15, 0.2) is 0 Å². The van der Waals surface area contributed by atoms with Gasteiger partial charge in [0.25, 0.3) is 0 Å². The highest BCUT2D eigenvalue weighted by molar-refractivity contribution is 5.17. The maximum absolute atomic E-state index is 12.2. The minimum atomic E-state index is -4.21. The smallest absolute Gasteiger partial charge is 0.325 e. The Morgan fingerprint density at radius 2 is 1.67 bits per heavy atom. The summed E-state index contributed by atoms with van der Waals surface area (Å²) < 4.78 is 36.5. The molecule has 1 unspecified atom stereocenters. The molecule has 0 amide bonds. The van der Waals surface area contributed by atoms with Crippen molar-refractivity contribution in [3.05, 3.63) is 35.9 Å². The summed E-state index contributed by atoms with van der Waals surface area (Å²) in [4.78, 5) is 0. The molecule has 84 valence electrons. The van der Waals surface area contributed by atoms with Gasteiger partial charge in [-0.25, -0.2) is 0 Å². The van der Waals surface area contributed by atoms with Crippen molar-refractivity contribution >= 4 is 0 Å². The molecule has 0 bridgehead atoms. The van der Waals surface area contributed by atoms with Crippen LogP contribution in [0.4, 0.5) is 13.2 Å². The first-order chi connectivity index (χ1) is 6.79. The number of nitrogens with two attached hydrogens (primary N) is 1. The van der Waals surface area contributed by atoms with Crippen molar-refractivity contribution in [3.63, 3.8) is 0 Å². The zero-order chi connectivity index (χ0) is 11.5. The Balaban J connectivity index is 2.65. The molecule has 1 atom stereocenters. The number of hydrogen-bond acceptors (Lipinski definition) is 1. The molecule has 1 aromatic carbocycles. The van der Waals surface area contributed by atoms with Crippen LogP contribution in [0.3, 0.4) is 0 Å². The normalized spacial score (nSPS) is 16.1. The average molecular weight is 217 g/mol. The number of hydrogen-bond donors (Lipinski definition) is 1. The van der Waals surface area contributed by atoms with E-state index < -0.39 is 18.1 Å². The quantitative estimate of drug-likeness (QED) is 0.827.